The quantitative estimate of drug-likeness (QED) is 0.422. The highest BCUT2D eigenvalue weighted by molar-refractivity contribution is 5.79. The lowest BCUT2D eigenvalue weighted by Crippen LogP contribution is -1.94. The van der Waals surface area contributed by atoms with Crippen molar-refractivity contribution in [1.82, 2.24) is 0 Å². The van der Waals surface area contributed by atoms with Crippen LogP contribution in [0.1, 0.15) is 65.2 Å². The molecule has 0 heterocycles. The molecule has 17 heavy (non-hydrogen) atoms. The van der Waals surface area contributed by atoms with E-state index < -0.39 is 5.97 Å². The SMILES string of the molecule is CCCCCCCCC[CH]C(C)/C=C/C(=O)O. The molecule has 0 aliphatic heterocycles. The van der Waals surface area contributed by atoms with E-state index in [0.29, 0.717) is 0 Å². The first kappa shape index (κ1) is 16.2. The normalized spacial score (nSPS) is 13.1. The Balaban J connectivity index is 3.24. The van der Waals surface area contributed by atoms with E-state index in [2.05, 4.69) is 13.3 Å². The molecule has 0 saturated carbocycles. The molecule has 0 aromatic carbocycles. The highest BCUT2D eigenvalue weighted by Gasteiger charge is 1.98. The lowest BCUT2D eigenvalue weighted by Gasteiger charge is -2.05. The van der Waals surface area contributed by atoms with Crippen molar-refractivity contribution in [2.45, 2.75) is 65.2 Å². The summed E-state index contributed by atoms with van der Waals surface area (Å²) in [5.74, 6) is -0.590. The summed E-state index contributed by atoms with van der Waals surface area (Å²) in [5.41, 5.74) is 0. The van der Waals surface area contributed by atoms with Crippen LogP contribution in [0.2, 0.25) is 0 Å². The lowest BCUT2D eigenvalue weighted by molar-refractivity contribution is -0.131. The number of hydrogen-bond donors (Lipinski definition) is 1. The first-order valence-electron chi connectivity index (χ1n) is 6.91. The molecule has 0 aromatic heterocycles. The minimum atomic E-state index is -0.860. The van der Waals surface area contributed by atoms with Crippen molar-refractivity contribution >= 4 is 5.97 Å². The average molecular weight is 239 g/mol. The summed E-state index contributed by atoms with van der Waals surface area (Å²) in [6.07, 6.45) is 15.5. The zero-order valence-corrected chi connectivity index (χ0v) is 11.3. The van der Waals surface area contributed by atoms with Crippen molar-refractivity contribution in [3.8, 4) is 0 Å². The maximum absolute atomic E-state index is 10.3. The molecule has 0 aliphatic carbocycles. The third kappa shape index (κ3) is 13.1. The number of rotatable bonds is 11. The van der Waals surface area contributed by atoms with Crippen molar-refractivity contribution < 1.29 is 9.90 Å². The summed E-state index contributed by atoms with van der Waals surface area (Å²) >= 11 is 0. The van der Waals surface area contributed by atoms with Gasteiger partial charge in [-0.15, -0.1) is 0 Å². The molecule has 1 N–H and O–H groups in total. The summed E-state index contributed by atoms with van der Waals surface area (Å²) in [6, 6.07) is 0. The van der Waals surface area contributed by atoms with Crippen LogP contribution >= 0.6 is 0 Å². The van der Waals surface area contributed by atoms with E-state index in [9.17, 15) is 4.79 Å². The third-order valence-corrected chi connectivity index (χ3v) is 2.89. The van der Waals surface area contributed by atoms with Gasteiger partial charge in [-0.1, -0.05) is 64.9 Å². The van der Waals surface area contributed by atoms with E-state index in [4.69, 9.17) is 5.11 Å². The maximum atomic E-state index is 10.3. The molecular weight excluding hydrogens is 212 g/mol. The van der Waals surface area contributed by atoms with Gasteiger partial charge in [-0.3, -0.25) is 0 Å². The van der Waals surface area contributed by atoms with E-state index >= 15 is 0 Å². The Labute approximate surface area is 106 Å². The van der Waals surface area contributed by atoms with Gasteiger partial charge in [0.2, 0.25) is 0 Å². The van der Waals surface area contributed by atoms with Crippen LogP contribution in [0.3, 0.4) is 0 Å². The van der Waals surface area contributed by atoms with Gasteiger partial charge in [0.15, 0.2) is 0 Å². The molecule has 0 aliphatic rings. The second kappa shape index (κ2) is 11.7. The minimum Gasteiger partial charge on any atom is -0.478 e. The molecule has 1 unspecified atom stereocenters. The van der Waals surface area contributed by atoms with Crippen LogP contribution in [-0.2, 0) is 4.79 Å². The standard InChI is InChI=1S/C15H27O2/c1-3-4-5-6-7-8-9-10-11-14(2)12-13-15(16)17/h11-14H,3-10H2,1-2H3,(H,16,17)/b13-12+. The highest BCUT2D eigenvalue weighted by Crippen LogP contribution is 2.12. The highest BCUT2D eigenvalue weighted by atomic mass is 16.4. The molecule has 1 radical (unpaired) electrons. The lowest BCUT2D eigenvalue weighted by atomic mass is 10.0. The van der Waals surface area contributed by atoms with Crippen LogP contribution in [0, 0.1) is 12.3 Å². The fourth-order valence-corrected chi connectivity index (χ4v) is 1.79. The number of carbonyl (C=O) groups is 1. The zero-order chi connectivity index (χ0) is 12.9. The Morgan fingerprint density at radius 3 is 2.29 bits per heavy atom. The van der Waals surface area contributed by atoms with Crippen molar-refractivity contribution in [2.24, 2.45) is 5.92 Å². The number of hydrogen-bond acceptors (Lipinski definition) is 1. The van der Waals surface area contributed by atoms with Gasteiger partial charge in [0.1, 0.15) is 0 Å². The van der Waals surface area contributed by atoms with Crippen molar-refractivity contribution in [2.75, 3.05) is 0 Å². The van der Waals surface area contributed by atoms with E-state index in [1.54, 1.807) is 6.08 Å². The molecule has 1 atom stereocenters. The predicted octanol–water partition coefficient (Wildman–Crippen LogP) is 4.61. The first-order valence-corrected chi connectivity index (χ1v) is 6.91. The summed E-state index contributed by atoms with van der Waals surface area (Å²) in [7, 11) is 0. The van der Waals surface area contributed by atoms with Gasteiger partial charge in [-0.25, -0.2) is 4.79 Å². The second-order valence-corrected chi connectivity index (χ2v) is 4.70. The first-order chi connectivity index (χ1) is 8.16. The van der Waals surface area contributed by atoms with Crippen LogP contribution in [0.25, 0.3) is 0 Å². The van der Waals surface area contributed by atoms with Gasteiger partial charge in [-0.05, 0) is 18.8 Å². The fraction of sp³-hybridized carbons (Fsp3) is 0.733. The molecule has 0 amide bonds. The third-order valence-electron chi connectivity index (χ3n) is 2.89. The van der Waals surface area contributed by atoms with Crippen LogP contribution in [-0.4, -0.2) is 11.1 Å². The Morgan fingerprint density at radius 2 is 1.71 bits per heavy atom. The predicted molar refractivity (Wildman–Crippen MR) is 72.8 cm³/mol. The molecular formula is C15H27O2. The summed E-state index contributed by atoms with van der Waals surface area (Å²) in [6.45, 7) is 4.27. The Bertz CT molecular complexity index is 209. The van der Waals surface area contributed by atoms with Crippen molar-refractivity contribution in [3.63, 3.8) is 0 Å². The molecule has 0 rings (SSSR count). The van der Waals surface area contributed by atoms with Gasteiger partial charge in [0, 0.05) is 6.08 Å². The van der Waals surface area contributed by atoms with Crippen LogP contribution < -0.4 is 0 Å². The number of carboxylic acid groups (broad SMARTS) is 1. The number of aliphatic carboxylic acids is 1. The Kier molecular flexibility index (Phi) is 11.1. The van der Waals surface area contributed by atoms with Gasteiger partial charge in [-0.2, -0.15) is 0 Å². The molecule has 2 heteroatoms. The van der Waals surface area contributed by atoms with Crippen LogP contribution in [0.4, 0.5) is 0 Å². The van der Waals surface area contributed by atoms with E-state index in [-0.39, 0.29) is 5.92 Å². The van der Waals surface area contributed by atoms with Crippen LogP contribution in [0.15, 0.2) is 12.2 Å². The Hall–Kier alpha value is -0.790. The maximum Gasteiger partial charge on any atom is 0.327 e. The molecule has 0 aromatic rings. The molecule has 2 nitrogen and oxygen atoms in total. The largest absolute Gasteiger partial charge is 0.478 e. The fourth-order valence-electron chi connectivity index (χ4n) is 1.79. The van der Waals surface area contributed by atoms with Crippen molar-refractivity contribution in [3.05, 3.63) is 18.6 Å². The van der Waals surface area contributed by atoms with Gasteiger partial charge in [0.25, 0.3) is 0 Å². The monoisotopic (exact) mass is 239 g/mol. The molecule has 0 saturated heterocycles. The van der Waals surface area contributed by atoms with E-state index in [1.807, 2.05) is 6.92 Å². The molecule has 0 fully saturated rings. The van der Waals surface area contributed by atoms with E-state index in [1.165, 1.54) is 51.0 Å². The number of unbranched alkanes of at least 4 members (excludes halogenated alkanes) is 7. The summed E-state index contributed by atoms with van der Waals surface area (Å²) in [5, 5.41) is 8.47. The minimum absolute atomic E-state index is 0.270. The summed E-state index contributed by atoms with van der Waals surface area (Å²) < 4.78 is 0. The summed E-state index contributed by atoms with van der Waals surface area (Å²) in [4.78, 5) is 10.3. The zero-order valence-electron chi connectivity index (χ0n) is 11.3. The number of carboxylic acids is 1. The molecule has 0 spiro atoms. The molecule has 99 valence electrons. The van der Waals surface area contributed by atoms with Crippen LogP contribution in [0.5, 0.6) is 0 Å². The van der Waals surface area contributed by atoms with Gasteiger partial charge >= 0.3 is 5.97 Å². The smallest absolute Gasteiger partial charge is 0.327 e. The number of allylic oxidation sites excluding steroid dienone is 1. The Morgan fingerprint density at radius 1 is 1.12 bits per heavy atom. The van der Waals surface area contributed by atoms with Gasteiger partial charge in [0.05, 0.1) is 0 Å². The topological polar surface area (TPSA) is 37.3 Å². The van der Waals surface area contributed by atoms with Crippen molar-refractivity contribution in [1.29, 1.82) is 0 Å². The van der Waals surface area contributed by atoms with Gasteiger partial charge < -0.3 is 5.11 Å². The van der Waals surface area contributed by atoms with E-state index in [0.717, 1.165) is 6.42 Å². The molecule has 0 bridgehead atoms. The average Bonchev–Trinajstić information content (AvgIpc) is 2.30. The second-order valence-electron chi connectivity index (χ2n) is 4.70.